The van der Waals surface area contributed by atoms with E-state index in [0.29, 0.717) is 11.5 Å². The zero-order valence-electron chi connectivity index (χ0n) is 13.1. The van der Waals surface area contributed by atoms with Gasteiger partial charge in [0.2, 0.25) is 0 Å². The maximum atomic E-state index is 12.4. The second kappa shape index (κ2) is 6.39. The quantitative estimate of drug-likeness (QED) is 0.942. The highest BCUT2D eigenvalue weighted by molar-refractivity contribution is 7.83. The Balaban J connectivity index is 2.13. The van der Waals surface area contributed by atoms with Gasteiger partial charge in [0.1, 0.15) is 0 Å². The summed E-state index contributed by atoms with van der Waals surface area (Å²) in [5.74, 6) is 1.00. The Labute approximate surface area is 129 Å². The largest absolute Gasteiger partial charge is 0.398 e. The number of nitrogens with zero attached hydrogens (tertiary/aromatic N) is 1. The van der Waals surface area contributed by atoms with Gasteiger partial charge in [-0.1, -0.05) is 29.3 Å². The molecule has 4 heteroatoms. The normalized spacial score (nSPS) is 12.4. The molecule has 0 saturated heterocycles. The molecule has 1 unspecified atom stereocenters. The van der Waals surface area contributed by atoms with Crippen LogP contribution in [0.25, 0.3) is 0 Å². The van der Waals surface area contributed by atoms with Crippen molar-refractivity contribution in [2.45, 2.75) is 39.2 Å². The summed E-state index contributed by atoms with van der Waals surface area (Å²) in [6.45, 7) is 8.00. The van der Waals surface area contributed by atoms with Crippen LogP contribution >= 0.6 is 0 Å². The van der Waals surface area contributed by atoms with Gasteiger partial charge in [0.25, 0.3) is 0 Å². The van der Waals surface area contributed by atoms with Crippen molar-refractivity contribution in [3.63, 3.8) is 0 Å². The number of nitrogen functional groups attached to an aromatic ring is 1. The molecule has 0 aliphatic carbocycles. The molecule has 0 spiro atoms. The van der Waals surface area contributed by atoms with Gasteiger partial charge in [-0.3, -0.25) is 9.19 Å². The maximum Gasteiger partial charge on any atom is 0.0665 e. The standard InChI is InChI=1S/C17H22N2OS/c1-11-5-12(2)7-15(6-11)9-21(20)10-16-14(4)17(18)13(3)8-19-16/h5-8H,9-10H2,1-4H3,(H2,18,19). The number of benzene rings is 1. The number of aryl methyl sites for hydroxylation is 3. The fourth-order valence-corrected chi connectivity index (χ4v) is 3.72. The van der Waals surface area contributed by atoms with Crippen LogP contribution in [0.15, 0.2) is 24.4 Å². The van der Waals surface area contributed by atoms with Crippen LogP contribution in [0.4, 0.5) is 5.69 Å². The van der Waals surface area contributed by atoms with Crippen LogP contribution in [0, 0.1) is 27.7 Å². The number of pyridine rings is 1. The van der Waals surface area contributed by atoms with Crippen LogP contribution < -0.4 is 5.73 Å². The molecule has 0 saturated carbocycles. The molecular weight excluding hydrogens is 280 g/mol. The first-order valence-electron chi connectivity index (χ1n) is 6.99. The highest BCUT2D eigenvalue weighted by atomic mass is 32.2. The van der Waals surface area contributed by atoms with Crippen LogP contribution in [0.5, 0.6) is 0 Å². The van der Waals surface area contributed by atoms with Gasteiger partial charge in [0, 0.05) is 28.4 Å². The second-order valence-corrected chi connectivity index (χ2v) is 7.11. The minimum absolute atomic E-state index is 0.448. The summed E-state index contributed by atoms with van der Waals surface area (Å²) < 4.78 is 12.4. The van der Waals surface area contributed by atoms with E-state index in [2.05, 4.69) is 37.0 Å². The van der Waals surface area contributed by atoms with Crippen LogP contribution in [-0.4, -0.2) is 9.19 Å². The maximum absolute atomic E-state index is 12.4. The molecule has 112 valence electrons. The molecule has 0 aliphatic heterocycles. The Morgan fingerprint density at radius 1 is 1.05 bits per heavy atom. The molecule has 0 radical (unpaired) electrons. The molecule has 0 amide bonds. The third-order valence-electron chi connectivity index (χ3n) is 3.58. The molecule has 3 nitrogen and oxygen atoms in total. The van der Waals surface area contributed by atoms with Crippen molar-refractivity contribution in [3.8, 4) is 0 Å². The van der Waals surface area contributed by atoms with E-state index < -0.39 is 10.8 Å². The number of nitrogens with two attached hydrogens (primary N) is 1. The average molecular weight is 302 g/mol. The first kappa shape index (κ1) is 15.7. The molecule has 1 heterocycles. The molecular formula is C17H22N2OS. The number of hydrogen-bond donors (Lipinski definition) is 1. The highest BCUT2D eigenvalue weighted by Crippen LogP contribution is 2.20. The first-order valence-corrected chi connectivity index (χ1v) is 8.48. The molecule has 1 aromatic carbocycles. The van der Waals surface area contributed by atoms with Gasteiger partial charge in [0.05, 0.1) is 11.4 Å². The van der Waals surface area contributed by atoms with Crippen LogP contribution in [0.1, 0.15) is 33.5 Å². The summed E-state index contributed by atoms with van der Waals surface area (Å²) in [6, 6.07) is 6.31. The van der Waals surface area contributed by atoms with Gasteiger partial charge in [-0.15, -0.1) is 0 Å². The predicted octanol–water partition coefficient (Wildman–Crippen LogP) is 3.35. The Bertz CT molecular complexity index is 675. The number of anilines is 1. The summed E-state index contributed by atoms with van der Waals surface area (Å²) in [5, 5.41) is 0. The highest BCUT2D eigenvalue weighted by Gasteiger charge is 2.10. The molecule has 1 aromatic heterocycles. The van der Waals surface area contributed by atoms with Crippen molar-refractivity contribution in [3.05, 3.63) is 57.9 Å². The Hall–Kier alpha value is -1.68. The summed E-state index contributed by atoms with van der Waals surface area (Å²) in [4.78, 5) is 4.38. The van der Waals surface area contributed by atoms with Gasteiger partial charge >= 0.3 is 0 Å². The molecule has 2 N–H and O–H groups in total. The predicted molar refractivity (Wildman–Crippen MR) is 89.6 cm³/mol. The van der Waals surface area contributed by atoms with Crippen molar-refractivity contribution >= 4 is 16.5 Å². The molecule has 1 atom stereocenters. The van der Waals surface area contributed by atoms with Gasteiger partial charge in [-0.2, -0.15) is 0 Å². The average Bonchev–Trinajstić information content (AvgIpc) is 2.38. The van der Waals surface area contributed by atoms with E-state index in [1.165, 1.54) is 11.1 Å². The van der Waals surface area contributed by atoms with Gasteiger partial charge in [0.15, 0.2) is 0 Å². The summed E-state index contributed by atoms with van der Waals surface area (Å²) in [5.41, 5.74) is 13.0. The van der Waals surface area contributed by atoms with E-state index in [4.69, 9.17) is 5.73 Å². The Morgan fingerprint density at radius 3 is 2.29 bits per heavy atom. The molecule has 21 heavy (non-hydrogen) atoms. The van der Waals surface area contributed by atoms with Crippen LogP contribution in [0.2, 0.25) is 0 Å². The Kier molecular flexibility index (Phi) is 4.78. The number of rotatable bonds is 4. The van der Waals surface area contributed by atoms with E-state index >= 15 is 0 Å². The number of aromatic nitrogens is 1. The summed E-state index contributed by atoms with van der Waals surface area (Å²) in [6.07, 6.45) is 1.76. The van der Waals surface area contributed by atoms with Crippen molar-refractivity contribution in [2.24, 2.45) is 0 Å². The molecule has 0 fully saturated rings. The van der Waals surface area contributed by atoms with E-state index in [9.17, 15) is 4.21 Å². The molecule has 0 aliphatic rings. The fourth-order valence-electron chi connectivity index (χ4n) is 2.48. The molecule has 0 bridgehead atoms. The fraction of sp³-hybridized carbons (Fsp3) is 0.353. The summed E-state index contributed by atoms with van der Waals surface area (Å²) in [7, 11) is -0.982. The third-order valence-corrected chi connectivity index (χ3v) is 4.83. The lowest BCUT2D eigenvalue weighted by Gasteiger charge is -2.10. The lowest BCUT2D eigenvalue weighted by atomic mass is 10.1. The van der Waals surface area contributed by atoms with Gasteiger partial charge in [-0.05, 0) is 44.4 Å². The van der Waals surface area contributed by atoms with Crippen molar-refractivity contribution < 1.29 is 4.21 Å². The van der Waals surface area contributed by atoms with Crippen molar-refractivity contribution in [1.29, 1.82) is 0 Å². The van der Waals surface area contributed by atoms with E-state index in [-0.39, 0.29) is 0 Å². The lowest BCUT2D eigenvalue weighted by Crippen LogP contribution is -2.06. The topological polar surface area (TPSA) is 56.0 Å². The van der Waals surface area contributed by atoms with Gasteiger partial charge in [-0.25, -0.2) is 0 Å². The van der Waals surface area contributed by atoms with E-state index in [1.54, 1.807) is 6.20 Å². The molecule has 2 aromatic rings. The first-order chi connectivity index (χ1) is 9.86. The zero-order valence-corrected chi connectivity index (χ0v) is 13.9. The smallest absolute Gasteiger partial charge is 0.0665 e. The SMILES string of the molecule is Cc1cc(C)cc(CS(=O)Cc2ncc(C)c(N)c2C)c1. The van der Waals surface area contributed by atoms with Crippen LogP contribution in [-0.2, 0) is 22.3 Å². The Morgan fingerprint density at radius 2 is 1.67 bits per heavy atom. The van der Waals surface area contributed by atoms with Crippen molar-refractivity contribution in [1.82, 2.24) is 4.98 Å². The van der Waals surface area contributed by atoms with Gasteiger partial charge < -0.3 is 5.73 Å². The van der Waals surface area contributed by atoms with Crippen molar-refractivity contribution in [2.75, 3.05) is 5.73 Å². The minimum atomic E-state index is -0.982. The lowest BCUT2D eigenvalue weighted by molar-refractivity contribution is 0.681. The van der Waals surface area contributed by atoms with E-state index in [1.807, 2.05) is 13.8 Å². The number of hydrogen-bond acceptors (Lipinski definition) is 3. The third kappa shape index (κ3) is 3.91. The molecule has 2 rings (SSSR count). The van der Waals surface area contributed by atoms with E-state index in [0.717, 1.165) is 28.1 Å². The summed E-state index contributed by atoms with van der Waals surface area (Å²) >= 11 is 0. The zero-order chi connectivity index (χ0) is 15.6. The monoisotopic (exact) mass is 302 g/mol. The van der Waals surface area contributed by atoms with Crippen LogP contribution in [0.3, 0.4) is 0 Å². The second-order valence-electron chi connectivity index (χ2n) is 5.65. The minimum Gasteiger partial charge on any atom is -0.398 e.